The van der Waals surface area contributed by atoms with Crippen LogP contribution in [0.25, 0.3) is 0 Å². The van der Waals surface area contributed by atoms with E-state index < -0.39 is 0 Å². The molecule has 0 aliphatic heterocycles. The van der Waals surface area contributed by atoms with Crippen molar-refractivity contribution < 1.29 is 9.90 Å². The zero-order chi connectivity index (χ0) is 18.5. The molecular formula is C24H36O2. The van der Waals surface area contributed by atoms with Crippen molar-refractivity contribution in [3.05, 3.63) is 23.3 Å². The third kappa shape index (κ3) is 2.66. The molecule has 0 aromatic rings. The highest BCUT2D eigenvalue weighted by Gasteiger charge is 2.55. The Morgan fingerprint density at radius 2 is 2.04 bits per heavy atom. The number of allylic oxidation sites excluding steroid dienone is 4. The molecule has 7 atom stereocenters. The van der Waals surface area contributed by atoms with Crippen LogP contribution in [-0.4, -0.2) is 17.5 Å². The maximum Gasteiger partial charge on any atom is 0.120 e. The Labute approximate surface area is 159 Å². The quantitative estimate of drug-likeness (QED) is 0.536. The van der Waals surface area contributed by atoms with E-state index >= 15 is 0 Å². The summed E-state index contributed by atoms with van der Waals surface area (Å²) in [7, 11) is 0. The summed E-state index contributed by atoms with van der Waals surface area (Å²) < 4.78 is 0. The highest BCUT2D eigenvalue weighted by molar-refractivity contribution is 5.49. The van der Waals surface area contributed by atoms with Gasteiger partial charge in [0.2, 0.25) is 0 Å². The second kappa shape index (κ2) is 6.62. The van der Waals surface area contributed by atoms with E-state index in [9.17, 15) is 9.90 Å². The van der Waals surface area contributed by atoms with Crippen molar-refractivity contribution in [3.8, 4) is 0 Å². The molecule has 1 N–H and O–H groups in total. The van der Waals surface area contributed by atoms with Gasteiger partial charge in [0, 0.05) is 6.42 Å². The zero-order valence-corrected chi connectivity index (χ0v) is 16.8. The number of aliphatic hydroxyl groups is 1. The summed E-state index contributed by atoms with van der Waals surface area (Å²) in [5, 5.41) is 10.2. The van der Waals surface area contributed by atoms with Gasteiger partial charge in [0.1, 0.15) is 6.29 Å². The fourth-order valence-corrected chi connectivity index (χ4v) is 7.35. The number of fused-ring (bicyclic) bond motifs is 5. The smallest absolute Gasteiger partial charge is 0.120 e. The Balaban J connectivity index is 1.60. The largest absolute Gasteiger partial charge is 0.393 e. The van der Waals surface area contributed by atoms with Crippen LogP contribution in [0, 0.1) is 34.5 Å². The van der Waals surface area contributed by atoms with Crippen molar-refractivity contribution >= 4 is 6.29 Å². The molecule has 4 aliphatic carbocycles. The van der Waals surface area contributed by atoms with E-state index in [1.165, 1.54) is 32.1 Å². The van der Waals surface area contributed by atoms with Crippen LogP contribution in [0.4, 0.5) is 0 Å². The lowest BCUT2D eigenvalue weighted by Crippen LogP contribution is -2.48. The number of rotatable bonds is 4. The van der Waals surface area contributed by atoms with Crippen LogP contribution in [0.3, 0.4) is 0 Å². The minimum Gasteiger partial charge on any atom is -0.393 e. The van der Waals surface area contributed by atoms with Crippen LogP contribution in [0.1, 0.15) is 78.6 Å². The van der Waals surface area contributed by atoms with Gasteiger partial charge in [-0.2, -0.15) is 0 Å². The van der Waals surface area contributed by atoms with E-state index in [2.05, 4.69) is 32.9 Å². The molecule has 0 bridgehead atoms. The first-order valence-electron chi connectivity index (χ1n) is 10.9. The monoisotopic (exact) mass is 356 g/mol. The first kappa shape index (κ1) is 18.5. The molecule has 0 heterocycles. The normalized spacial score (nSPS) is 45.7. The van der Waals surface area contributed by atoms with Gasteiger partial charge in [0.05, 0.1) is 6.10 Å². The molecule has 2 fully saturated rings. The van der Waals surface area contributed by atoms with Crippen LogP contribution in [-0.2, 0) is 4.79 Å². The topological polar surface area (TPSA) is 37.3 Å². The number of aliphatic hydroxyl groups excluding tert-OH is 1. The number of hydrogen-bond donors (Lipinski definition) is 1. The van der Waals surface area contributed by atoms with E-state index in [4.69, 9.17) is 0 Å². The lowest BCUT2D eigenvalue weighted by Gasteiger charge is -2.56. The summed E-state index contributed by atoms with van der Waals surface area (Å²) in [5.74, 6) is 2.69. The molecule has 0 saturated heterocycles. The summed E-state index contributed by atoms with van der Waals surface area (Å²) in [5.41, 5.74) is 4.01. The van der Waals surface area contributed by atoms with Gasteiger partial charge in [-0.1, -0.05) is 44.1 Å². The molecule has 0 spiro atoms. The molecule has 0 amide bonds. The number of carbonyl (C=O) groups is 1. The van der Waals surface area contributed by atoms with Gasteiger partial charge >= 0.3 is 0 Å². The number of aldehydes is 1. The van der Waals surface area contributed by atoms with Gasteiger partial charge in [0.25, 0.3) is 0 Å². The summed E-state index contributed by atoms with van der Waals surface area (Å²) >= 11 is 0. The van der Waals surface area contributed by atoms with E-state index in [1.807, 2.05) is 0 Å². The summed E-state index contributed by atoms with van der Waals surface area (Å²) in [6.45, 7) is 7.32. The van der Waals surface area contributed by atoms with E-state index in [1.54, 1.807) is 11.1 Å². The van der Waals surface area contributed by atoms with Crippen molar-refractivity contribution in [2.24, 2.45) is 34.5 Å². The predicted octanol–water partition coefficient (Wildman–Crippen LogP) is 5.46. The lowest BCUT2D eigenvalue weighted by atomic mass is 9.48. The second-order valence-corrected chi connectivity index (χ2v) is 10.2. The fraction of sp³-hybridized carbons (Fsp3) is 0.792. The van der Waals surface area contributed by atoms with Crippen molar-refractivity contribution in [3.63, 3.8) is 0 Å². The molecule has 0 aromatic heterocycles. The summed E-state index contributed by atoms with van der Waals surface area (Å²) in [6, 6.07) is 0. The predicted molar refractivity (Wildman–Crippen MR) is 106 cm³/mol. The Morgan fingerprint density at radius 3 is 2.81 bits per heavy atom. The van der Waals surface area contributed by atoms with Crippen molar-refractivity contribution in [2.75, 3.05) is 0 Å². The average molecular weight is 357 g/mol. The number of hydrogen-bond acceptors (Lipinski definition) is 2. The van der Waals surface area contributed by atoms with Crippen molar-refractivity contribution in [1.29, 1.82) is 0 Å². The molecule has 26 heavy (non-hydrogen) atoms. The van der Waals surface area contributed by atoms with E-state index in [0.717, 1.165) is 37.4 Å². The molecule has 0 unspecified atom stereocenters. The van der Waals surface area contributed by atoms with Gasteiger partial charge in [-0.05, 0) is 85.9 Å². The maximum absolute atomic E-state index is 10.8. The van der Waals surface area contributed by atoms with Crippen LogP contribution in [0.2, 0.25) is 0 Å². The first-order valence-corrected chi connectivity index (χ1v) is 10.9. The maximum atomic E-state index is 10.8. The van der Waals surface area contributed by atoms with Crippen LogP contribution >= 0.6 is 0 Å². The zero-order valence-electron chi connectivity index (χ0n) is 16.8. The molecule has 4 rings (SSSR count). The first-order chi connectivity index (χ1) is 12.4. The third-order valence-electron chi connectivity index (χ3n) is 8.89. The molecule has 2 nitrogen and oxygen atoms in total. The molecule has 2 saturated carbocycles. The molecule has 2 heteroatoms. The van der Waals surface area contributed by atoms with Crippen molar-refractivity contribution in [2.45, 2.75) is 84.7 Å². The summed E-state index contributed by atoms with van der Waals surface area (Å²) in [6.07, 6.45) is 16.0. The van der Waals surface area contributed by atoms with E-state index in [0.29, 0.717) is 29.1 Å². The Morgan fingerprint density at radius 1 is 1.23 bits per heavy atom. The SMILES string of the molecule is C[C@H](CCC=O)C1=CC[C@H]2[C@@H]3CC[C@@H]4C[C@H](O)CC[C@]4(C)C3=CC[C@]12C. The Bertz CT molecular complexity index is 632. The van der Waals surface area contributed by atoms with Crippen LogP contribution < -0.4 is 0 Å². The van der Waals surface area contributed by atoms with Gasteiger partial charge in [-0.3, -0.25) is 0 Å². The Hall–Kier alpha value is -0.890. The van der Waals surface area contributed by atoms with E-state index in [-0.39, 0.29) is 6.10 Å². The third-order valence-corrected chi connectivity index (χ3v) is 8.89. The standard InChI is InChI=1S/C24H36O2/c1-16(5-4-14-25)20-8-9-21-19-7-6-17-15-18(26)10-12-23(17,2)22(19)11-13-24(20,21)3/h8,11,14,16-19,21,26H,4-7,9-10,12-13,15H2,1-3H3/t16-,17-,18-,19+,21+,23+,24-/m1/s1. The van der Waals surface area contributed by atoms with Gasteiger partial charge in [0.15, 0.2) is 0 Å². The fourth-order valence-electron chi connectivity index (χ4n) is 7.35. The van der Waals surface area contributed by atoms with Gasteiger partial charge in [-0.25, -0.2) is 0 Å². The van der Waals surface area contributed by atoms with Crippen LogP contribution in [0.15, 0.2) is 23.3 Å². The Kier molecular flexibility index (Phi) is 4.70. The molecule has 0 aromatic carbocycles. The van der Waals surface area contributed by atoms with Crippen LogP contribution in [0.5, 0.6) is 0 Å². The highest BCUT2D eigenvalue weighted by atomic mass is 16.3. The molecule has 4 aliphatic rings. The summed E-state index contributed by atoms with van der Waals surface area (Å²) in [4.78, 5) is 10.8. The minimum absolute atomic E-state index is 0.0718. The second-order valence-electron chi connectivity index (χ2n) is 10.2. The average Bonchev–Trinajstić information content (AvgIpc) is 2.97. The van der Waals surface area contributed by atoms with Gasteiger partial charge in [-0.15, -0.1) is 0 Å². The minimum atomic E-state index is -0.0718. The molecular weight excluding hydrogens is 320 g/mol. The highest BCUT2D eigenvalue weighted by Crippen LogP contribution is 2.65. The number of carbonyl (C=O) groups excluding carboxylic acids is 1. The van der Waals surface area contributed by atoms with Gasteiger partial charge < -0.3 is 9.90 Å². The molecule has 0 radical (unpaired) electrons. The van der Waals surface area contributed by atoms with Crippen molar-refractivity contribution in [1.82, 2.24) is 0 Å². The lowest BCUT2D eigenvalue weighted by molar-refractivity contribution is -0.108. The molecule has 144 valence electrons.